The van der Waals surface area contributed by atoms with Crippen molar-refractivity contribution in [1.82, 2.24) is 0 Å². The first-order valence-corrected chi connectivity index (χ1v) is 7.04. The van der Waals surface area contributed by atoms with Gasteiger partial charge in [-0.15, -0.1) is 0 Å². The van der Waals surface area contributed by atoms with Crippen LogP contribution in [0.3, 0.4) is 0 Å². The molecule has 1 saturated heterocycles. The van der Waals surface area contributed by atoms with E-state index in [1.165, 1.54) is 18.5 Å². The highest BCUT2D eigenvalue weighted by atomic mass is 16.5. The summed E-state index contributed by atoms with van der Waals surface area (Å²) < 4.78 is 5.75. The first-order chi connectivity index (χ1) is 8.81. The van der Waals surface area contributed by atoms with Crippen molar-refractivity contribution in [3.8, 4) is 5.75 Å². The highest BCUT2D eigenvalue weighted by molar-refractivity contribution is 5.49. The largest absolute Gasteiger partial charge is 0.493 e. The number of rotatable bonds is 4. The number of anilines is 1. The molecule has 0 radical (unpaired) electrons. The van der Waals surface area contributed by atoms with Gasteiger partial charge >= 0.3 is 0 Å². The summed E-state index contributed by atoms with van der Waals surface area (Å²) in [4.78, 5) is 2.41. The summed E-state index contributed by atoms with van der Waals surface area (Å²) in [7, 11) is 0. The zero-order valence-electron chi connectivity index (χ0n) is 10.8. The summed E-state index contributed by atoms with van der Waals surface area (Å²) in [5.74, 6) is 1.81. The van der Waals surface area contributed by atoms with Gasteiger partial charge in [0.05, 0.1) is 6.61 Å². The number of piperidine rings is 1. The number of ether oxygens (including phenoxy) is 1. The summed E-state index contributed by atoms with van der Waals surface area (Å²) >= 11 is 0. The average Bonchev–Trinajstić information content (AvgIpc) is 3.22. The lowest BCUT2D eigenvalue weighted by Crippen LogP contribution is -2.39. The van der Waals surface area contributed by atoms with Crippen LogP contribution in [0.25, 0.3) is 0 Å². The molecule has 0 unspecified atom stereocenters. The molecule has 2 aliphatic rings. The molecule has 3 heteroatoms. The van der Waals surface area contributed by atoms with Crippen LogP contribution in [0.2, 0.25) is 0 Å². The van der Waals surface area contributed by atoms with Crippen molar-refractivity contribution in [1.29, 1.82) is 0 Å². The molecule has 0 amide bonds. The fourth-order valence-corrected chi connectivity index (χ4v) is 2.41. The molecule has 1 aromatic rings. The number of benzene rings is 1. The Balaban J connectivity index is 1.56. The minimum Gasteiger partial charge on any atom is -0.493 e. The van der Waals surface area contributed by atoms with E-state index in [0.29, 0.717) is 6.04 Å². The minimum absolute atomic E-state index is 0.391. The number of hydrogen-bond donors (Lipinski definition) is 1. The molecule has 1 aliphatic carbocycles. The Bertz CT molecular complexity index is 378. The maximum atomic E-state index is 5.93. The Labute approximate surface area is 109 Å². The molecule has 3 nitrogen and oxygen atoms in total. The predicted octanol–water partition coefficient (Wildman–Crippen LogP) is 2.40. The summed E-state index contributed by atoms with van der Waals surface area (Å²) in [5, 5.41) is 0. The normalized spacial score (nSPS) is 21.1. The van der Waals surface area contributed by atoms with E-state index in [-0.39, 0.29) is 0 Å². The van der Waals surface area contributed by atoms with Crippen LogP contribution < -0.4 is 15.4 Å². The second kappa shape index (κ2) is 5.19. The van der Waals surface area contributed by atoms with Crippen molar-refractivity contribution < 1.29 is 4.74 Å². The maximum absolute atomic E-state index is 5.93. The molecule has 0 atom stereocenters. The molecule has 0 spiro atoms. The van der Waals surface area contributed by atoms with Crippen molar-refractivity contribution in [3.05, 3.63) is 24.3 Å². The fourth-order valence-electron chi connectivity index (χ4n) is 2.41. The highest BCUT2D eigenvalue weighted by Crippen LogP contribution is 2.30. The lowest BCUT2D eigenvalue weighted by atomic mass is 10.1. The van der Waals surface area contributed by atoms with Crippen molar-refractivity contribution in [3.63, 3.8) is 0 Å². The van der Waals surface area contributed by atoms with Crippen LogP contribution in [0.1, 0.15) is 25.7 Å². The van der Waals surface area contributed by atoms with Gasteiger partial charge in [-0.3, -0.25) is 0 Å². The molecule has 1 heterocycles. The Morgan fingerprint density at radius 2 is 1.72 bits per heavy atom. The Morgan fingerprint density at radius 1 is 1.06 bits per heavy atom. The minimum atomic E-state index is 0.391. The Morgan fingerprint density at radius 3 is 2.33 bits per heavy atom. The van der Waals surface area contributed by atoms with Crippen LogP contribution in [0.5, 0.6) is 5.75 Å². The summed E-state index contributed by atoms with van der Waals surface area (Å²) in [6.07, 6.45) is 4.87. The second-order valence-corrected chi connectivity index (χ2v) is 5.57. The maximum Gasteiger partial charge on any atom is 0.119 e. The molecular formula is C15H22N2O. The summed E-state index contributed by atoms with van der Waals surface area (Å²) in [6.45, 7) is 3.03. The van der Waals surface area contributed by atoms with Crippen LogP contribution in [0, 0.1) is 5.92 Å². The van der Waals surface area contributed by atoms with E-state index in [9.17, 15) is 0 Å². The van der Waals surface area contributed by atoms with Gasteiger partial charge in [-0.05, 0) is 55.9 Å². The third-order valence-corrected chi connectivity index (χ3v) is 3.92. The molecular weight excluding hydrogens is 224 g/mol. The third kappa shape index (κ3) is 2.96. The van der Waals surface area contributed by atoms with Gasteiger partial charge in [0.2, 0.25) is 0 Å². The molecule has 98 valence electrons. The van der Waals surface area contributed by atoms with Gasteiger partial charge < -0.3 is 15.4 Å². The molecule has 1 aliphatic heterocycles. The highest BCUT2D eigenvalue weighted by Gasteiger charge is 2.22. The van der Waals surface area contributed by atoms with Crippen molar-refractivity contribution in [2.45, 2.75) is 31.7 Å². The molecule has 3 rings (SSSR count). The van der Waals surface area contributed by atoms with E-state index < -0.39 is 0 Å². The molecule has 0 aromatic heterocycles. The second-order valence-electron chi connectivity index (χ2n) is 5.57. The Hall–Kier alpha value is -1.22. The van der Waals surface area contributed by atoms with Crippen LogP contribution >= 0.6 is 0 Å². The first kappa shape index (κ1) is 11.8. The van der Waals surface area contributed by atoms with E-state index in [0.717, 1.165) is 44.2 Å². The summed E-state index contributed by atoms with van der Waals surface area (Å²) in [6, 6.07) is 8.90. The standard InChI is InChI=1S/C15H22N2O/c16-13-7-9-17(10-8-13)14-3-5-15(6-4-14)18-11-12-1-2-12/h3-6,12-13H,1-2,7-11,16H2. The molecule has 2 fully saturated rings. The van der Waals surface area contributed by atoms with Crippen molar-refractivity contribution in [2.75, 3.05) is 24.6 Å². The quantitative estimate of drug-likeness (QED) is 0.886. The van der Waals surface area contributed by atoms with E-state index in [1.54, 1.807) is 0 Å². The number of hydrogen-bond acceptors (Lipinski definition) is 3. The molecule has 18 heavy (non-hydrogen) atoms. The first-order valence-electron chi connectivity index (χ1n) is 7.04. The molecule has 1 saturated carbocycles. The lowest BCUT2D eigenvalue weighted by molar-refractivity contribution is 0.300. The predicted molar refractivity (Wildman–Crippen MR) is 74.1 cm³/mol. The average molecular weight is 246 g/mol. The molecule has 1 aromatic carbocycles. The lowest BCUT2D eigenvalue weighted by Gasteiger charge is -2.32. The smallest absolute Gasteiger partial charge is 0.119 e. The van der Waals surface area contributed by atoms with Crippen LogP contribution in [-0.4, -0.2) is 25.7 Å². The van der Waals surface area contributed by atoms with Crippen molar-refractivity contribution >= 4 is 5.69 Å². The number of nitrogens with zero attached hydrogens (tertiary/aromatic N) is 1. The SMILES string of the molecule is NC1CCN(c2ccc(OCC3CC3)cc2)CC1. The van der Waals surface area contributed by atoms with Gasteiger partial charge in [-0.2, -0.15) is 0 Å². The third-order valence-electron chi connectivity index (χ3n) is 3.92. The topological polar surface area (TPSA) is 38.5 Å². The van der Waals surface area contributed by atoms with E-state index in [2.05, 4.69) is 29.2 Å². The van der Waals surface area contributed by atoms with E-state index in [4.69, 9.17) is 10.5 Å². The van der Waals surface area contributed by atoms with Gasteiger partial charge in [0.15, 0.2) is 0 Å². The van der Waals surface area contributed by atoms with Gasteiger partial charge in [-0.1, -0.05) is 0 Å². The van der Waals surface area contributed by atoms with E-state index >= 15 is 0 Å². The van der Waals surface area contributed by atoms with Crippen LogP contribution in [-0.2, 0) is 0 Å². The zero-order valence-corrected chi connectivity index (χ0v) is 10.8. The van der Waals surface area contributed by atoms with Crippen LogP contribution in [0.15, 0.2) is 24.3 Å². The van der Waals surface area contributed by atoms with Gasteiger partial charge in [0, 0.05) is 24.8 Å². The van der Waals surface area contributed by atoms with Crippen molar-refractivity contribution in [2.24, 2.45) is 11.7 Å². The summed E-state index contributed by atoms with van der Waals surface area (Å²) in [5.41, 5.74) is 7.22. The fraction of sp³-hybridized carbons (Fsp3) is 0.600. The molecule has 0 bridgehead atoms. The van der Waals surface area contributed by atoms with Gasteiger partial charge in [0.1, 0.15) is 5.75 Å². The number of nitrogens with two attached hydrogens (primary N) is 1. The van der Waals surface area contributed by atoms with Gasteiger partial charge in [0.25, 0.3) is 0 Å². The monoisotopic (exact) mass is 246 g/mol. The van der Waals surface area contributed by atoms with Gasteiger partial charge in [-0.25, -0.2) is 0 Å². The molecule has 2 N–H and O–H groups in total. The zero-order chi connectivity index (χ0) is 12.4. The Kier molecular flexibility index (Phi) is 3.41. The van der Waals surface area contributed by atoms with E-state index in [1.807, 2.05) is 0 Å². The van der Waals surface area contributed by atoms with Crippen LogP contribution in [0.4, 0.5) is 5.69 Å².